The topological polar surface area (TPSA) is 102 Å². The van der Waals surface area contributed by atoms with Gasteiger partial charge < -0.3 is 28.4 Å². The quantitative estimate of drug-likeness (QED) is 0.332. The van der Waals surface area contributed by atoms with E-state index in [1.54, 1.807) is 60.7 Å². The summed E-state index contributed by atoms with van der Waals surface area (Å²) in [5.41, 5.74) is 1.43. The molecule has 3 aromatic rings. The van der Waals surface area contributed by atoms with Gasteiger partial charge in [-0.2, -0.15) is 0 Å². The maximum atomic E-state index is 12.7. The molecule has 0 aliphatic carbocycles. The zero-order chi connectivity index (χ0) is 23.1. The van der Waals surface area contributed by atoms with Gasteiger partial charge in [-0.1, -0.05) is 18.2 Å². The molecule has 3 aliphatic rings. The lowest BCUT2D eigenvalue weighted by molar-refractivity contribution is -0.129. The Morgan fingerprint density at radius 3 is 2.38 bits per heavy atom. The van der Waals surface area contributed by atoms with E-state index in [4.69, 9.17) is 28.4 Å². The first-order valence-electron chi connectivity index (χ1n) is 10.3. The average molecular weight is 457 g/mol. The summed E-state index contributed by atoms with van der Waals surface area (Å²) in [6.07, 6.45) is 1.50. The Morgan fingerprint density at radius 1 is 0.853 bits per heavy atom. The van der Waals surface area contributed by atoms with Crippen LogP contribution in [0.1, 0.15) is 21.5 Å². The predicted molar refractivity (Wildman–Crippen MR) is 117 cm³/mol. The molecule has 0 atom stereocenters. The van der Waals surface area contributed by atoms with Crippen LogP contribution in [0.4, 0.5) is 0 Å². The zero-order valence-corrected chi connectivity index (χ0v) is 17.5. The van der Waals surface area contributed by atoms with E-state index in [9.17, 15) is 9.59 Å². The first-order chi connectivity index (χ1) is 16.6. The van der Waals surface area contributed by atoms with E-state index in [-0.39, 0.29) is 30.9 Å². The molecule has 0 saturated heterocycles. The number of ether oxygens (including phenoxy) is 6. The van der Waals surface area contributed by atoms with Crippen molar-refractivity contribution in [2.24, 2.45) is 4.99 Å². The molecule has 3 aliphatic heterocycles. The molecule has 0 N–H and O–H groups in total. The molecular formula is C25H15NO8. The Morgan fingerprint density at radius 2 is 1.56 bits per heavy atom. The molecule has 0 unspecified atom stereocenters. The largest absolute Gasteiger partial charge is 0.454 e. The normalized spacial score (nSPS) is 16.4. The minimum absolute atomic E-state index is 0.0687. The first kappa shape index (κ1) is 19.9. The fourth-order valence-corrected chi connectivity index (χ4v) is 3.58. The molecule has 0 fully saturated rings. The van der Waals surface area contributed by atoms with Crippen molar-refractivity contribution in [1.29, 1.82) is 0 Å². The van der Waals surface area contributed by atoms with Crippen molar-refractivity contribution in [3.05, 3.63) is 83.1 Å². The molecule has 9 nitrogen and oxygen atoms in total. The van der Waals surface area contributed by atoms with E-state index in [0.29, 0.717) is 39.7 Å². The Kier molecular flexibility index (Phi) is 4.65. The lowest BCUT2D eigenvalue weighted by Gasteiger charge is -2.08. The summed E-state index contributed by atoms with van der Waals surface area (Å²) in [5.74, 6) is 1.41. The van der Waals surface area contributed by atoms with Crippen molar-refractivity contribution >= 4 is 23.9 Å². The smallest absolute Gasteiger partial charge is 0.363 e. The van der Waals surface area contributed by atoms with E-state index in [0.717, 1.165) is 0 Å². The third kappa shape index (κ3) is 3.58. The van der Waals surface area contributed by atoms with Crippen molar-refractivity contribution in [2.75, 3.05) is 13.6 Å². The fraction of sp³-hybridized carbons (Fsp3) is 0.0800. The molecular weight excluding hydrogens is 442 g/mol. The minimum Gasteiger partial charge on any atom is -0.454 e. The summed E-state index contributed by atoms with van der Waals surface area (Å²) in [6.45, 7) is 0.243. The van der Waals surface area contributed by atoms with Gasteiger partial charge in [0.15, 0.2) is 28.7 Å². The van der Waals surface area contributed by atoms with Gasteiger partial charge in [-0.25, -0.2) is 14.6 Å². The number of carbonyl (C=O) groups is 2. The highest BCUT2D eigenvalue weighted by Crippen LogP contribution is 2.35. The van der Waals surface area contributed by atoms with Crippen LogP contribution in [0.2, 0.25) is 0 Å². The van der Waals surface area contributed by atoms with Crippen molar-refractivity contribution in [3.63, 3.8) is 0 Å². The molecule has 0 spiro atoms. The van der Waals surface area contributed by atoms with Crippen LogP contribution in [0, 0.1) is 0 Å². The average Bonchev–Trinajstić information content (AvgIpc) is 3.59. The van der Waals surface area contributed by atoms with Crippen LogP contribution < -0.4 is 23.7 Å². The van der Waals surface area contributed by atoms with Gasteiger partial charge in [-0.3, -0.25) is 0 Å². The number of rotatable bonds is 4. The zero-order valence-electron chi connectivity index (χ0n) is 17.5. The minimum atomic E-state index is -0.621. The van der Waals surface area contributed by atoms with Gasteiger partial charge in [-0.15, -0.1) is 0 Å². The predicted octanol–water partition coefficient (Wildman–Crippen LogP) is 3.71. The molecule has 3 heterocycles. The lowest BCUT2D eigenvalue weighted by atomic mass is 10.1. The van der Waals surface area contributed by atoms with Gasteiger partial charge in [0.1, 0.15) is 5.75 Å². The highest BCUT2D eigenvalue weighted by molar-refractivity contribution is 6.13. The summed E-state index contributed by atoms with van der Waals surface area (Å²) in [7, 11) is 0. The maximum absolute atomic E-state index is 12.7. The lowest BCUT2D eigenvalue weighted by Crippen LogP contribution is -2.09. The van der Waals surface area contributed by atoms with Crippen LogP contribution in [0.15, 0.2) is 71.4 Å². The molecule has 168 valence electrons. The number of hydrogen-bond acceptors (Lipinski definition) is 9. The van der Waals surface area contributed by atoms with Gasteiger partial charge in [0.25, 0.3) is 0 Å². The van der Waals surface area contributed by atoms with E-state index in [1.165, 1.54) is 6.08 Å². The number of fused-ring (bicyclic) bond motifs is 2. The van der Waals surface area contributed by atoms with Crippen LogP contribution in [-0.4, -0.2) is 31.4 Å². The Balaban J connectivity index is 1.26. The van der Waals surface area contributed by atoms with E-state index in [2.05, 4.69) is 4.99 Å². The molecule has 0 saturated carbocycles. The first-order valence-corrected chi connectivity index (χ1v) is 10.3. The molecule has 9 heteroatoms. The van der Waals surface area contributed by atoms with Gasteiger partial charge in [0, 0.05) is 11.1 Å². The number of hydrogen-bond donors (Lipinski definition) is 0. The molecule has 6 rings (SSSR count). The highest BCUT2D eigenvalue weighted by Gasteiger charge is 2.26. The monoisotopic (exact) mass is 457 g/mol. The third-order valence-electron chi connectivity index (χ3n) is 5.26. The number of para-hydroxylation sites is 1. The highest BCUT2D eigenvalue weighted by atomic mass is 16.7. The number of carbonyl (C=O) groups excluding carboxylic acids is 2. The summed E-state index contributed by atoms with van der Waals surface area (Å²) < 4.78 is 32.2. The van der Waals surface area contributed by atoms with Gasteiger partial charge in [-0.05, 0) is 48.5 Å². The fourth-order valence-electron chi connectivity index (χ4n) is 3.58. The van der Waals surface area contributed by atoms with Crippen LogP contribution in [0.3, 0.4) is 0 Å². The number of esters is 2. The summed E-state index contributed by atoms with van der Waals surface area (Å²) >= 11 is 0. The van der Waals surface area contributed by atoms with E-state index in [1.807, 2.05) is 0 Å². The molecule has 0 amide bonds. The molecule has 0 radical (unpaired) electrons. The summed E-state index contributed by atoms with van der Waals surface area (Å²) in [6, 6.07) is 16.7. The van der Waals surface area contributed by atoms with Gasteiger partial charge in [0.2, 0.25) is 19.5 Å². The van der Waals surface area contributed by atoms with E-state index >= 15 is 0 Å². The SMILES string of the molecule is O=C1OC(c2ccc3c(c2)OCO3)=N/C1=C/c1ccccc1OC(=O)c1ccc2c(c1)OCO2. The summed E-state index contributed by atoms with van der Waals surface area (Å²) in [5, 5.41) is 0. The molecule has 0 aromatic heterocycles. The third-order valence-corrected chi connectivity index (χ3v) is 5.26. The summed E-state index contributed by atoms with van der Waals surface area (Å²) in [4.78, 5) is 29.5. The number of benzene rings is 3. The second-order valence-corrected chi connectivity index (χ2v) is 7.40. The molecule has 0 bridgehead atoms. The number of aliphatic imine (C=N–C) groups is 1. The Labute approximate surface area is 192 Å². The van der Waals surface area contributed by atoms with Crippen molar-refractivity contribution in [3.8, 4) is 28.7 Å². The standard InChI is InChI=1S/C25H15NO8/c27-24(16-6-8-20-22(11-16)32-13-30-20)33-18-4-2-1-3-14(18)9-17-25(28)34-23(26-17)15-5-7-19-21(10-15)31-12-29-19/h1-11H,12-13H2/b17-9+. The van der Waals surface area contributed by atoms with Crippen LogP contribution >= 0.6 is 0 Å². The number of cyclic esters (lactones) is 1. The molecule has 34 heavy (non-hydrogen) atoms. The second kappa shape index (κ2) is 7.96. The maximum Gasteiger partial charge on any atom is 0.363 e. The van der Waals surface area contributed by atoms with E-state index < -0.39 is 11.9 Å². The second-order valence-electron chi connectivity index (χ2n) is 7.40. The van der Waals surface area contributed by atoms with Crippen molar-refractivity contribution in [2.45, 2.75) is 0 Å². The molecule has 3 aromatic carbocycles. The van der Waals surface area contributed by atoms with Gasteiger partial charge >= 0.3 is 11.9 Å². The Bertz CT molecular complexity index is 1410. The Hall–Kier alpha value is -4.79. The van der Waals surface area contributed by atoms with Crippen LogP contribution in [0.25, 0.3) is 6.08 Å². The van der Waals surface area contributed by atoms with Crippen molar-refractivity contribution in [1.82, 2.24) is 0 Å². The van der Waals surface area contributed by atoms with Crippen molar-refractivity contribution < 1.29 is 38.0 Å². The van der Waals surface area contributed by atoms with Crippen LogP contribution in [-0.2, 0) is 9.53 Å². The van der Waals surface area contributed by atoms with Crippen LogP contribution in [0.5, 0.6) is 28.7 Å². The number of nitrogens with zero attached hydrogens (tertiary/aromatic N) is 1. The van der Waals surface area contributed by atoms with Gasteiger partial charge in [0.05, 0.1) is 5.56 Å².